The van der Waals surface area contributed by atoms with E-state index in [0.29, 0.717) is 11.3 Å². The summed E-state index contributed by atoms with van der Waals surface area (Å²) in [5, 5.41) is 2.70. The van der Waals surface area contributed by atoms with Crippen LogP contribution in [0, 0.1) is 0 Å². The molecule has 26 heavy (non-hydrogen) atoms. The minimum Gasteiger partial charge on any atom is -0.353 e. The molecule has 1 aliphatic rings. The highest BCUT2D eigenvalue weighted by atomic mass is 16.2. The highest BCUT2D eigenvalue weighted by molar-refractivity contribution is 5.99. The van der Waals surface area contributed by atoms with Gasteiger partial charge in [-0.2, -0.15) is 0 Å². The zero-order valence-corrected chi connectivity index (χ0v) is 15.1. The molecule has 1 atom stereocenters. The molecule has 2 aromatic rings. The largest absolute Gasteiger partial charge is 0.353 e. The Morgan fingerprint density at radius 3 is 2.58 bits per heavy atom. The van der Waals surface area contributed by atoms with Crippen LogP contribution < -0.4 is 5.32 Å². The Bertz CT molecular complexity index is 792. The molecule has 136 valence electrons. The van der Waals surface area contributed by atoms with E-state index in [0.717, 1.165) is 32.2 Å². The molecule has 0 aliphatic carbocycles. The van der Waals surface area contributed by atoms with Crippen LogP contribution in [0.25, 0.3) is 0 Å². The second-order valence-corrected chi connectivity index (χ2v) is 6.68. The summed E-state index contributed by atoms with van der Waals surface area (Å²) in [6, 6.07) is 11.3. The van der Waals surface area contributed by atoms with Crippen LogP contribution in [0.15, 0.2) is 55.3 Å². The molecule has 1 fully saturated rings. The lowest BCUT2D eigenvalue weighted by Gasteiger charge is -2.31. The molecule has 2 amide bonds. The maximum atomic E-state index is 13.2. The van der Waals surface area contributed by atoms with Gasteiger partial charge in [0.25, 0.3) is 5.91 Å². The topological polar surface area (TPSA) is 54.3 Å². The van der Waals surface area contributed by atoms with Gasteiger partial charge in [0, 0.05) is 36.7 Å². The number of nitrogens with one attached hydrogen (secondary N) is 1. The van der Waals surface area contributed by atoms with Crippen molar-refractivity contribution in [2.75, 3.05) is 11.9 Å². The van der Waals surface area contributed by atoms with Crippen molar-refractivity contribution in [2.45, 2.75) is 31.7 Å². The first-order valence-electron chi connectivity index (χ1n) is 9.06. The predicted octanol–water partition coefficient (Wildman–Crippen LogP) is 3.91. The zero-order valence-electron chi connectivity index (χ0n) is 15.1. The van der Waals surface area contributed by atoms with E-state index in [1.54, 1.807) is 24.3 Å². The average Bonchev–Trinajstić information content (AvgIpc) is 2.93. The Morgan fingerprint density at radius 2 is 1.92 bits per heavy atom. The highest BCUT2D eigenvalue weighted by Crippen LogP contribution is 2.31. The van der Waals surface area contributed by atoms with Gasteiger partial charge in [-0.1, -0.05) is 19.4 Å². The molecule has 0 saturated carbocycles. The summed E-state index contributed by atoms with van der Waals surface area (Å²) in [4.78, 5) is 26.6. The minimum absolute atomic E-state index is 0.0414. The molecule has 1 saturated heterocycles. The fraction of sp³-hybridized carbons (Fsp3) is 0.333. The number of amides is 2. The van der Waals surface area contributed by atoms with Crippen LogP contribution in [0.3, 0.4) is 0 Å². The van der Waals surface area contributed by atoms with Gasteiger partial charge in [0.05, 0.1) is 6.04 Å². The van der Waals surface area contributed by atoms with Gasteiger partial charge in [-0.15, -0.1) is 0 Å². The lowest BCUT2D eigenvalue weighted by atomic mass is 10.1. The third-order valence-electron chi connectivity index (χ3n) is 4.92. The molecular weight excluding hydrogens is 326 g/mol. The molecule has 0 spiro atoms. The maximum Gasteiger partial charge on any atom is 0.254 e. The molecule has 0 bridgehead atoms. The third kappa shape index (κ3) is 3.87. The number of carbonyl (C=O) groups is 2. The van der Waals surface area contributed by atoms with Crippen LogP contribution >= 0.6 is 0 Å². The zero-order chi connectivity index (χ0) is 18.5. The Labute approximate surface area is 154 Å². The Hall–Kier alpha value is -2.82. The second-order valence-electron chi connectivity index (χ2n) is 6.68. The minimum atomic E-state index is -0.264. The van der Waals surface area contributed by atoms with Crippen molar-refractivity contribution in [1.82, 2.24) is 9.47 Å². The van der Waals surface area contributed by atoms with E-state index in [-0.39, 0.29) is 17.9 Å². The van der Waals surface area contributed by atoms with Gasteiger partial charge in [0.1, 0.15) is 0 Å². The van der Waals surface area contributed by atoms with Crippen LogP contribution in [-0.2, 0) is 11.8 Å². The molecule has 3 rings (SSSR count). The van der Waals surface area contributed by atoms with Gasteiger partial charge in [0.15, 0.2) is 0 Å². The van der Waals surface area contributed by atoms with E-state index in [4.69, 9.17) is 0 Å². The number of aryl methyl sites for hydroxylation is 1. The Kier molecular flexibility index (Phi) is 5.56. The molecule has 1 aliphatic heterocycles. The summed E-state index contributed by atoms with van der Waals surface area (Å²) in [5.41, 5.74) is 2.47. The first-order chi connectivity index (χ1) is 12.6. The molecule has 2 heterocycles. The molecule has 5 nitrogen and oxygen atoms in total. The van der Waals surface area contributed by atoms with Crippen LogP contribution in [0.2, 0.25) is 0 Å². The number of benzene rings is 1. The Morgan fingerprint density at radius 1 is 1.15 bits per heavy atom. The third-order valence-corrected chi connectivity index (χ3v) is 4.92. The lowest BCUT2D eigenvalue weighted by molar-refractivity contribution is -0.111. The molecule has 1 aromatic heterocycles. The monoisotopic (exact) mass is 351 g/mol. The fourth-order valence-electron chi connectivity index (χ4n) is 3.53. The molecular formula is C21H25N3O2. The summed E-state index contributed by atoms with van der Waals surface area (Å²) < 4.78 is 2.10. The van der Waals surface area contributed by atoms with E-state index < -0.39 is 0 Å². The van der Waals surface area contributed by atoms with Crippen molar-refractivity contribution in [3.05, 3.63) is 66.5 Å². The fourth-order valence-corrected chi connectivity index (χ4v) is 3.53. The van der Waals surface area contributed by atoms with Gasteiger partial charge in [-0.05, 0) is 55.3 Å². The molecule has 5 heteroatoms. The number of rotatable bonds is 4. The van der Waals surface area contributed by atoms with Crippen molar-refractivity contribution in [2.24, 2.45) is 7.05 Å². The highest BCUT2D eigenvalue weighted by Gasteiger charge is 2.28. The van der Waals surface area contributed by atoms with Crippen molar-refractivity contribution in [3.63, 3.8) is 0 Å². The van der Waals surface area contributed by atoms with E-state index in [1.807, 2.05) is 24.2 Å². The van der Waals surface area contributed by atoms with Crippen molar-refractivity contribution in [1.29, 1.82) is 0 Å². The van der Waals surface area contributed by atoms with Gasteiger partial charge in [-0.3, -0.25) is 9.59 Å². The summed E-state index contributed by atoms with van der Waals surface area (Å²) in [7, 11) is 2.03. The number of likely N-dealkylation sites (tertiary alicyclic amines) is 1. The quantitative estimate of drug-likeness (QED) is 0.849. The number of nitrogens with zero attached hydrogens (tertiary/aromatic N) is 2. The van der Waals surface area contributed by atoms with Gasteiger partial charge in [-0.25, -0.2) is 0 Å². The number of aromatic nitrogens is 1. The van der Waals surface area contributed by atoms with Crippen LogP contribution in [0.4, 0.5) is 5.69 Å². The first kappa shape index (κ1) is 18.0. The molecule has 0 radical (unpaired) electrons. The smallest absolute Gasteiger partial charge is 0.254 e. The molecule has 1 N–H and O–H groups in total. The van der Waals surface area contributed by atoms with Crippen molar-refractivity contribution >= 4 is 17.5 Å². The van der Waals surface area contributed by atoms with Gasteiger partial charge >= 0.3 is 0 Å². The maximum absolute atomic E-state index is 13.2. The number of hydrogen-bond donors (Lipinski definition) is 1. The standard InChI is InChI=1S/C21H25N3O2/c1-3-20(25)22-17-12-10-16(11-13-17)21(26)24-15-6-4-5-8-19(24)18-9-7-14-23(18)2/h3,7,9-14,19H,1,4-6,8,15H2,2H3,(H,22,25). The lowest BCUT2D eigenvalue weighted by Crippen LogP contribution is -2.35. The molecule has 1 unspecified atom stereocenters. The van der Waals surface area contributed by atoms with Crippen molar-refractivity contribution < 1.29 is 9.59 Å². The number of hydrogen-bond acceptors (Lipinski definition) is 2. The van der Waals surface area contributed by atoms with Crippen LogP contribution in [0.5, 0.6) is 0 Å². The van der Waals surface area contributed by atoms with Gasteiger partial charge < -0.3 is 14.8 Å². The van der Waals surface area contributed by atoms with E-state index in [1.165, 1.54) is 11.8 Å². The summed E-state index contributed by atoms with van der Waals surface area (Å²) >= 11 is 0. The second kappa shape index (κ2) is 8.04. The Balaban J connectivity index is 1.82. The number of carbonyl (C=O) groups excluding carboxylic acids is 2. The summed E-state index contributed by atoms with van der Waals surface area (Å²) in [6.07, 6.45) is 7.54. The van der Waals surface area contributed by atoms with Crippen LogP contribution in [0.1, 0.15) is 47.8 Å². The first-order valence-corrected chi connectivity index (χ1v) is 9.06. The van der Waals surface area contributed by atoms with Crippen molar-refractivity contribution in [3.8, 4) is 0 Å². The SMILES string of the molecule is C=CC(=O)Nc1ccc(C(=O)N2CCCCCC2c2cccn2C)cc1. The average molecular weight is 351 g/mol. The summed E-state index contributed by atoms with van der Waals surface area (Å²) in [6.45, 7) is 4.21. The van der Waals surface area contributed by atoms with Gasteiger partial charge in [0.2, 0.25) is 5.91 Å². The predicted molar refractivity (Wildman–Crippen MR) is 103 cm³/mol. The summed E-state index contributed by atoms with van der Waals surface area (Å²) in [5.74, 6) is -0.222. The van der Waals surface area contributed by atoms with E-state index >= 15 is 0 Å². The molecule has 1 aromatic carbocycles. The van der Waals surface area contributed by atoms with Crippen LogP contribution in [-0.4, -0.2) is 27.8 Å². The van der Waals surface area contributed by atoms with E-state index in [2.05, 4.69) is 22.5 Å². The van der Waals surface area contributed by atoms with E-state index in [9.17, 15) is 9.59 Å². The number of anilines is 1. The normalized spacial score (nSPS) is 17.4.